The van der Waals surface area contributed by atoms with Gasteiger partial charge >= 0.3 is 0 Å². The third-order valence-electron chi connectivity index (χ3n) is 6.99. The first-order valence-electron chi connectivity index (χ1n) is 10.9. The molecular weight excluding hydrogens is 460 g/mol. The summed E-state index contributed by atoms with van der Waals surface area (Å²) in [6.45, 7) is 0.0112. The number of methoxy groups -OCH3 is 1. The van der Waals surface area contributed by atoms with E-state index in [9.17, 15) is 19.2 Å². The molecule has 4 N–H and O–H groups in total. The smallest absolute Gasteiger partial charge is 0.250 e. The molecule has 0 aliphatic carbocycles. The first-order chi connectivity index (χ1) is 16.3. The summed E-state index contributed by atoms with van der Waals surface area (Å²) in [6, 6.07) is 11.5. The number of benzene rings is 2. The topological polar surface area (TPSA) is 131 Å². The lowest BCUT2D eigenvalue weighted by atomic mass is 9.76. The van der Waals surface area contributed by atoms with E-state index in [-0.39, 0.29) is 19.4 Å². The van der Waals surface area contributed by atoms with Crippen molar-refractivity contribution in [3.05, 3.63) is 58.6 Å². The Balaban J connectivity index is 1.59. The fraction of sp³-hybridized carbons (Fsp3) is 0.333. The van der Waals surface area contributed by atoms with Crippen molar-refractivity contribution in [2.24, 2.45) is 17.6 Å². The summed E-state index contributed by atoms with van der Waals surface area (Å²) < 4.78 is 5.38. The van der Waals surface area contributed by atoms with Gasteiger partial charge in [-0.1, -0.05) is 29.8 Å². The highest BCUT2D eigenvalue weighted by Gasteiger charge is 2.70. The number of carbonyl (C=O) groups is 4. The van der Waals surface area contributed by atoms with Crippen LogP contribution in [0.1, 0.15) is 24.0 Å². The molecule has 0 unspecified atom stereocenters. The molecule has 3 heterocycles. The quantitative estimate of drug-likeness (QED) is 0.535. The van der Waals surface area contributed by atoms with Gasteiger partial charge in [-0.2, -0.15) is 0 Å². The number of likely N-dealkylation sites (tertiary alicyclic amines) is 1. The molecule has 3 aliphatic heterocycles. The number of hydrogen-bond acceptors (Lipinski definition) is 6. The summed E-state index contributed by atoms with van der Waals surface area (Å²) in [6.07, 6.45) is 0.220. The molecule has 3 aliphatic rings. The zero-order valence-electron chi connectivity index (χ0n) is 18.3. The van der Waals surface area contributed by atoms with Crippen molar-refractivity contribution in [2.75, 3.05) is 12.4 Å². The van der Waals surface area contributed by atoms with Gasteiger partial charge in [0.2, 0.25) is 23.6 Å². The molecule has 5 rings (SSSR count). The average Bonchev–Trinajstić information content (AvgIpc) is 3.39. The van der Waals surface area contributed by atoms with Gasteiger partial charge in [-0.25, -0.2) is 0 Å². The van der Waals surface area contributed by atoms with Gasteiger partial charge in [0.25, 0.3) is 0 Å². The zero-order valence-corrected chi connectivity index (χ0v) is 19.1. The Hall–Kier alpha value is -3.43. The number of carbonyl (C=O) groups excluding carboxylic acids is 4. The number of nitrogens with zero attached hydrogens (tertiary/aromatic N) is 1. The van der Waals surface area contributed by atoms with E-state index in [0.29, 0.717) is 27.6 Å². The lowest BCUT2D eigenvalue weighted by Crippen LogP contribution is -2.53. The van der Waals surface area contributed by atoms with Crippen LogP contribution in [-0.2, 0) is 31.3 Å². The molecule has 0 bridgehead atoms. The van der Waals surface area contributed by atoms with Crippen LogP contribution in [0.25, 0.3) is 0 Å². The van der Waals surface area contributed by atoms with E-state index in [1.165, 1.54) is 12.0 Å². The van der Waals surface area contributed by atoms with Crippen molar-refractivity contribution < 1.29 is 23.9 Å². The van der Waals surface area contributed by atoms with Crippen LogP contribution in [-0.4, -0.2) is 41.7 Å². The second-order valence-electron chi connectivity index (χ2n) is 8.79. The van der Waals surface area contributed by atoms with Crippen molar-refractivity contribution in [1.82, 2.24) is 10.2 Å². The maximum Gasteiger partial charge on any atom is 0.250 e. The third-order valence-corrected chi connectivity index (χ3v) is 7.23. The van der Waals surface area contributed by atoms with Crippen molar-refractivity contribution in [3.63, 3.8) is 0 Å². The van der Waals surface area contributed by atoms with E-state index >= 15 is 0 Å². The molecule has 4 amide bonds. The summed E-state index contributed by atoms with van der Waals surface area (Å²) in [4.78, 5) is 53.5. The van der Waals surface area contributed by atoms with E-state index in [2.05, 4.69) is 10.6 Å². The molecule has 2 aromatic carbocycles. The molecule has 0 radical (unpaired) electrons. The molecule has 1 spiro atoms. The molecule has 2 fully saturated rings. The predicted octanol–water partition coefficient (Wildman–Crippen LogP) is 1.53. The Morgan fingerprint density at radius 1 is 1.18 bits per heavy atom. The minimum absolute atomic E-state index is 0.00890. The van der Waals surface area contributed by atoms with Crippen molar-refractivity contribution in [3.8, 4) is 5.75 Å². The first kappa shape index (κ1) is 22.4. The van der Waals surface area contributed by atoms with Crippen LogP contribution in [0.3, 0.4) is 0 Å². The van der Waals surface area contributed by atoms with Gasteiger partial charge < -0.3 is 15.8 Å². The minimum atomic E-state index is -1.48. The molecule has 176 valence electrons. The Kier molecular flexibility index (Phi) is 5.33. The second-order valence-corrected chi connectivity index (χ2v) is 9.22. The molecule has 2 saturated heterocycles. The third kappa shape index (κ3) is 3.19. The van der Waals surface area contributed by atoms with Gasteiger partial charge in [0.15, 0.2) is 0 Å². The fourth-order valence-electron chi connectivity index (χ4n) is 5.54. The maximum absolute atomic E-state index is 13.8. The molecule has 9 nitrogen and oxygen atoms in total. The Morgan fingerprint density at radius 2 is 1.94 bits per heavy atom. The highest BCUT2D eigenvalue weighted by Crippen LogP contribution is 2.54. The lowest BCUT2D eigenvalue weighted by Gasteiger charge is -2.29. The number of para-hydroxylation sites is 1. The summed E-state index contributed by atoms with van der Waals surface area (Å²) in [5.41, 5.74) is 5.59. The fourth-order valence-corrected chi connectivity index (χ4v) is 5.71. The molecular formula is C24H23ClN4O5. The summed E-state index contributed by atoms with van der Waals surface area (Å²) >= 11 is 6.24. The van der Waals surface area contributed by atoms with Crippen LogP contribution in [0, 0.1) is 11.8 Å². The minimum Gasteiger partial charge on any atom is -0.496 e. The summed E-state index contributed by atoms with van der Waals surface area (Å²) in [5.74, 6) is -3.09. The highest BCUT2D eigenvalue weighted by molar-refractivity contribution is 6.31. The number of hydrogen-bond donors (Lipinski definition) is 3. The number of primary amides is 1. The van der Waals surface area contributed by atoms with Gasteiger partial charge in [-0.15, -0.1) is 0 Å². The van der Waals surface area contributed by atoms with Crippen LogP contribution >= 0.6 is 11.6 Å². The predicted molar refractivity (Wildman–Crippen MR) is 123 cm³/mol. The SMILES string of the molecule is COc1ccccc1CN1C(=O)[C@H]2[C@H](CCC(N)=O)N[C@@]3(C(=O)Nc4ccc(Cl)cc43)[C@@H]2C1=O. The number of imide groups is 1. The van der Waals surface area contributed by atoms with E-state index in [1.807, 2.05) is 0 Å². The van der Waals surface area contributed by atoms with E-state index in [1.54, 1.807) is 42.5 Å². The van der Waals surface area contributed by atoms with Crippen LogP contribution in [0.2, 0.25) is 5.02 Å². The van der Waals surface area contributed by atoms with Gasteiger partial charge in [-0.3, -0.25) is 29.4 Å². The number of nitrogens with one attached hydrogen (secondary N) is 2. The number of ether oxygens (including phenoxy) is 1. The molecule has 34 heavy (non-hydrogen) atoms. The summed E-state index contributed by atoms with van der Waals surface area (Å²) in [7, 11) is 1.52. The molecule has 0 aromatic heterocycles. The van der Waals surface area contributed by atoms with E-state index < -0.39 is 47.0 Å². The number of halogens is 1. The van der Waals surface area contributed by atoms with Gasteiger partial charge in [-0.05, 0) is 30.7 Å². The Bertz CT molecular complexity index is 1230. The Morgan fingerprint density at radius 3 is 2.68 bits per heavy atom. The number of amides is 4. The van der Waals surface area contributed by atoms with Crippen molar-refractivity contribution in [1.29, 1.82) is 0 Å². The standard InChI is InChI=1S/C24H23ClN4O5/c1-34-17-5-3-2-4-12(17)11-29-21(31)19-16(8-9-18(26)30)28-24(20(19)22(29)32)14-10-13(25)6-7-15(14)27-23(24)33/h2-7,10,16,19-20,28H,8-9,11H2,1H3,(H2,26,30)(H,27,33)/t16-,19-,20-,24+/m0/s1. The number of nitrogens with two attached hydrogens (primary N) is 1. The lowest BCUT2D eigenvalue weighted by molar-refractivity contribution is -0.143. The molecule has 2 aromatic rings. The van der Waals surface area contributed by atoms with Gasteiger partial charge in [0, 0.05) is 34.3 Å². The highest BCUT2D eigenvalue weighted by atomic mass is 35.5. The summed E-state index contributed by atoms with van der Waals surface area (Å²) in [5, 5.41) is 6.47. The van der Waals surface area contributed by atoms with Crippen molar-refractivity contribution >= 4 is 40.9 Å². The van der Waals surface area contributed by atoms with Crippen LogP contribution in [0.5, 0.6) is 5.75 Å². The zero-order chi connectivity index (χ0) is 24.2. The largest absolute Gasteiger partial charge is 0.496 e. The van der Waals surface area contributed by atoms with Crippen molar-refractivity contribution in [2.45, 2.75) is 31.0 Å². The van der Waals surface area contributed by atoms with Gasteiger partial charge in [0.05, 0.1) is 25.5 Å². The van der Waals surface area contributed by atoms with Crippen LogP contribution in [0.15, 0.2) is 42.5 Å². The number of anilines is 1. The average molecular weight is 483 g/mol. The molecule has 10 heteroatoms. The van der Waals surface area contributed by atoms with Crippen LogP contribution < -0.4 is 21.1 Å². The normalized spacial score (nSPS) is 27.2. The van der Waals surface area contributed by atoms with E-state index in [4.69, 9.17) is 22.1 Å². The molecule has 4 atom stereocenters. The molecule has 0 saturated carbocycles. The maximum atomic E-state index is 13.8. The number of rotatable bonds is 6. The van der Waals surface area contributed by atoms with Gasteiger partial charge in [0.1, 0.15) is 11.3 Å². The second kappa shape index (κ2) is 8.11. The van der Waals surface area contributed by atoms with E-state index in [0.717, 1.165) is 0 Å². The number of fused-ring (bicyclic) bond motifs is 4. The Labute approximate surface area is 200 Å². The monoisotopic (exact) mass is 482 g/mol. The first-order valence-corrected chi connectivity index (χ1v) is 11.3. The van der Waals surface area contributed by atoms with Crippen LogP contribution in [0.4, 0.5) is 5.69 Å².